The van der Waals surface area contributed by atoms with Crippen molar-refractivity contribution in [2.75, 3.05) is 20.3 Å². The first-order chi connectivity index (χ1) is 9.06. The summed E-state index contributed by atoms with van der Waals surface area (Å²) in [5.74, 6) is 0.0936. The molecule has 0 saturated carbocycles. The first-order valence-electron chi connectivity index (χ1n) is 5.61. The van der Waals surface area contributed by atoms with E-state index in [0.29, 0.717) is 30.2 Å². The molecule has 0 fully saturated rings. The Morgan fingerprint density at radius 3 is 2.63 bits per heavy atom. The molecular formula is C10H16NO4PS3. The van der Waals surface area contributed by atoms with E-state index in [4.69, 9.17) is 25.6 Å². The number of rotatable bonds is 8. The smallest absolute Gasteiger partial charge is 0.340 e. The third-order valence-electron chi connectivity index (χ3n) is 1.98. The number of carbonyl (C=O) groups is 1. The van der Waals surface area contributed by atoms with Crippen molar-refractivity contribution in [1.29, 1.82) is 0 Å². The summed E-state index contributed by atoms with van der Waals surface area (Å²) >= 11 is 8.01. The van der Waals surface area contributed by atoms with E-state index in [9.17, 15) is 4.79 Å². The van der Waals surface area contributed by atoms with Crippen LogP contribution in [0.2, 0.25) is 0 Å². The van der Waals surface area contributed by atoms with Gasteiger partial charge in [-0.05, 0) is 37.2 Å². The van der Waals surface area contributed by atoms with Gasteiger partial charge in [-0.3, -0.25) is 0 Å². The highest BCUT2D eigenvalue weighted by atomic mass is 32.9. The van der Waals surface area contributed by atoms with Gasteiger partial charge in [0.2, 0.25) is 5.69 Å². The SMILES string of the molecule is CCOP(=S)(OCC)SCc1nscc1C(=O)OC. The van der Waals surface area contributed by atoms with Crippen LogP contribution in [0.3, 0.4) is 0 Å². The molecule has 0 aliphatic carbocycles. The number of esters is 1. The second-order valence-electron chi connectivity index (χ2n) is 3.22. The molecule has 1 rings (SSSR count). The van der Waals surface area contributed by atoms with E-state index >= 15 is 0 Å². The summed E-state index contributed by atoms with van der Waals surface area (Å²) in [6, 6.07) is 0. The summed E-state index contributed by atoms with van der Waals surface area (Å²) < 4.78 is 19.9. The van der Waals surface area contributed by atoms with Crippen molar-refractivity contribution < 1.29 is 18.6 Å². The fourth-order valence-corrected chi connectivity index (χ4v) is 6.35. The third kappa shape index (κ3) is 5.13. The summed E-state index contributed by atoms with van der Waals surface area (Å²) in [5, 5.41) is 1.67. The van der Waals surface area contributed by atoms with Crippen LogP contribution in [0.15, 0.2) is 5.38 Å². The minimum absolute atomic E-state index is 0.384. The van der Waals surface area contributed by atoms with Crippen molar-refractivity contribution in [3.63, 3.8) is 0 Å². The number of carbonyl (C=O) groups excluding carboxylic acids is 1. The Labute approximate surface area is 126 Å². The van der Waals surface area contributed by atoms with Gasteiger partial charge < -0.3 is 13.8 Å². The Morgan fingerprint density at radius 1 is 1.47 bits per heavy atom. The number of nitrogens with zero attached hydrogens (tertiary/aromatic N) is 1. The van der Waals surface area contributed by atoms with E-state index in [1.165, 1.54) is 30.0 Å². The Balaban J connectivity index is 2.72. The average molecular weight is 341 g/mol. The zero-order valence-corrected chi connectivity index (χ0v) is 14.3. The molecule has 0 radical (unpaired) electrons. The second kappa shape index (κ2) is 8.34. The van der Waals surface area contributed by atoms with Crippen LogP contribution in [0.4, 0.5) is 0 Å². The van der Waals surface area contributed by atoms with Crippen LogP contribution in [0.1, 0.15) is 29.9 Å². The molecule has 0 atom stereocenters. The van der Waals surface area contributed by atoms with Gasteiger partial charge in [-0.2, -0.15) is 4.37 Å². The largest absolute Gasteiger partial charge is 0.465 e. The van der Waals surface area contributed by atoms with Gasteiger partial charge in [-0.25, -0.2) is 4.79 Å². The van der Waals surface area contributed by atoms with E-state index in [1.54, 1.807) is 5.38 Å². The van der Waals surface area contributed by atoms with Gasteiger partial charge >= 0.3 is 5.97 Å². The first-order valence-corrected chi connectivity index (χ1v) is 10.7. The lowest BCUT2D eigenvalue weighted by atomic mass is 10.3. The third-order valence-corrected chi connectivity index (χ3v) is 8.07. The van der Waals surface area contributed by atoms with Crippen LogP contribution in [-0.2, 0) is 31.3 Å². The van der Waals surface area contributed by atoms with Crippen molar-refractivity contribution in [2.24, 2.45) is 0 Å². The molecule has 0 amide bonds. The molecule has 9 heteroatoms. The van der Waals surface area contributed by atoms with E-state index in [0.717, 1.165) is 0 Å². The van der Waals surface area contributed by atoms with Crippen molar-refractivity contribution >= 4 is 46.4 Å². The van der Waals surface area contributed by atoms with Gasteiger partial charge in [0, 0.05) is 11.1 Å². The van der Waals surface area contributed by atoms with Gasteiger partial charge in [-0.1, -0.05) is 11.4 Å². The molecule has 1 aromatic heterocycles. The minimum Gasteiger partial charge on any atom is -0.465 e. The Morgan fingerprint density at radius 2 is 2.11 bits per heavy atom. The van der Waals surface area contributed by atoms with Crippen LogP contribution >= 0.6 is 28.6 Å². The number of ether oxygens (including phenoxy) is 1. The molecule has 0 spiro atoms. The van der Waals surface area contributed by atoms with Gasteiger partial charge in [-0.15, -0.1) is 0 Å². The van der Waals surface area contributed by atoms with Crippen molar-refractivity contribution in [2.45, 2.75) is 19.6 Å². The van der Waals surface area contributed by atoms with Crippen LogP contribution < -0.4 is 0 Å². The second-order valence-corrected chi connectivity index (χ2v) is 10.2. The van der Waals surface area contributed by atoms with Crippen LogP contribution in [0, 0.1) is 0 Å². The lowest BCUT2D eigenvalue weighted by Gasteiger charge is -2.19. The van der Waals surface area contributed by atoms with Gasteiger partial charge in [0.1, 0.15) is 0 Å². The molecule has 1 aromatic rings. The highest BCUT2D eigenvalue weighted by Crippen LogP contribution is 2.61. The van der Waals surface area contributed by atoms with Crippen molar-refractivity contribution in [1.82, 2.24) is 4.37 Å². The first kappa shape index (κ1) is 17.1. The lowest BCUT2D eigenvalue weighted by molar-refractivity contribution is 0.0600. The summed E-state index contributed by atoms with van der Waals surface area (Å²) in [6.07, 6.45) is 0. The Hall–Kier alpha value is 0.0200. The lowest BCUT2D eigenvalue weighted by Crippen LogP contribution is -2.03. The normalized spacial score (nSPS) is 11.5. The van der Waals surface area contributed by atoms with Gasteiger partial charge in [0.25, 0.3) is 0 Å². The molecule has 0 aliphatic rings. The predicted octanol–water partition coefficient (Wildman–Crippen LogP) is 3.46. The summed E-state index contributed by atoms with van der Waals surface area (Å²) in [5.41, 5.74) is -1.21. The quantitative estimate of drug-likeness (QED) is 0.530. The minimum atomic E-state index is -2.36. The fraction of sp³-hybridized carbons (Fsp3) is 0.600. The van der Waals surface area contributed by atoms with E-state index < -0.39 is 5.69 Å². The molecule has 0 unspecified atom stereocenters. The monoisotopic (exact) mass is 341 g/mol. The molecule has 0 N–H and O–H groups in total. The summed E-state index contributed by atoms with van der Waals surface area (Å²) in [7, 11) is 1.35. The van der Waals surface area contributed by atoms with E-state index in [-0.39, 0.29) is 5.97 Å². The van der Waals surface area contributed by atoms with Crippen LogP contribution in [0.5, 0.6) is 0 Å². The van der Waals surface area contributed by atoms with Crippen LogP contribution in [-0.4, -0.2) is 30.7 Å². The molecular weight excluding hydrogens is 325 g/mol. The van der Waals surface area contributed by atoms with Crippen molar-refractivity contribution in [3.8, 4) is 0 Å². The highest BCUT2D eigenvalue weighted by Gasteiger charge is 2.22. The number of methoxy groups -OCH3 is 1. The average Bonchev–Trinajstić information content (AvgIpc) is 2.84. The maximum Gasteiger partial charge on any atom is 0.340 e. The molecule has 0 bridgehead atoms. The molecule has 0 aliphatic heterocycles. The van der Waals surface area contributed by atoms with Gasteiger partial charge in [0.05, 0.1) is 31.6 Å². The maximum atomic E-state index is 11.5. The summed E-state index contributed by atoms with van der Waals surface area (Å²) in [6.45, 7) is 4.77. The standard InChI is InChI=1S/C10H16NO4PS3/c1-4-14-16(17,15-5-2)19-7-9-8(6-18-11-9)10(12)13-3/h6H,4-5,7H2,1-3H3. The molecule has 5 nitrogen and oxygen atoms in total. The molecule has 1 heterocycles. The Bertz CT molecular complexity index is 455. The molecule has 0 aromatic carbocycles. The zero-order valence-electron chi connectivity index (χ0n) is 11.0. The van der Waals surface area contributed by atoms with E-state index in [1.807, 2.05) is 13.8 Å². The maximum absolute atomic E-state index is 11.5. The molecule has 19 heavy (non-hydrogen) atoms. The Kier molecular flexibility index (Phi) is 7.49. The number of aromatic nitrogens is 1. The predicted molar refractivity (Wildman–Crippen MR) is 82.3 cm³/mol. The molecule has 108 valence electrons. The van der Waals surface area contributed by atoms with E-state index in [2.05, 4.69) is 4.37 Å². The number of hydrogen-bond acceptors (Lipinski definition) is 8. The fourth-order valence-electron chi connectivity index (χ4n) is 1.21. The van der Waals surface area contributed by atoms with Crippen LogP contribution in [0.25, 0.3) is 0 Å². The van der Waals surface area contributed by atoms with Crippen molar-refractivity contribution in [3.05, 3.63) is 16.6 Å². The van der Waals surface area contributed by atoms with Gasteiger partial charge in [0.15, 0.2) is 0 Å². The summed E-state index contributed by atoms with van der Waals surface area (Å²) in [4.78, 5) is 11.5. The number of hydrogen-bond donors (Lipinski definition) is 0. The zero-order chi connectivity index (χ0) is 14.3. The topological polar surface area (TPSA) is 57.7 Å². The highest BCUT2D eigenvalue weighted by molar-refractivity contribution is 8.67. The molecule has 0 saturated heterocycles.